The van der Waals surface area contributed by atoms with Gasteiger partial charge in [0.15, 0.2) is 5.69 Å². The number of carbonyl (C=O) groups excluding carboxylic acids is 2. The van der Waals surface area contributed by atoms with Crippen LogP contribution >= 0.6 is 11.6 Å². The highest BCUT2D eigenvalue weighted by Gasteiger charge is 2.32. The summed E-state index contributed by atoms with van der Waals surface area (Å²) in [5, 5.41) is 12.7. The maximum absolute atomic E-state index is 12.7. The zero-order chi connectivity index (χ0) is 24.9. The van der Waals surface area contributed by atoms with Gasteiger partial charge < -0.3 is 20.1 Å². The molecule has 0 saturated carbocycles. The van der Waals surface area contributed by atoms with E-state index in [9.17, 15) is 19.5 Å². The van der Waals surface area contributed by atoms with Gasteiger partial charge in [0.05, 0.1) is 12.6 Å². The molecular weight excluding hydrogens is 474 g/mol. The van der Waals surface area contributed by atoms with Gasteiger partial charge in [0.2, 0.25) is 0 Å². The summed E-state index contributed by atoms with van der Waals surface area (Å²) >= 11 is 5.94. The molecule has 0 radical (unpaired) electrons. The van der Waals surface area contributed by atoms with Crippen LogP contribution in [0.1, 0.15) is 58.9 Å². The molecule has 0 spiro atoms. The van der Waals surface area contributed by atoms with Crippen molar-refractivity contribution in [1.82, 2.24) is 19.9 Å². The van der Waals surface area contributed by atoms with E-state index in [1.165, 1.54) is 17.2 Å². The third-order valence-corrected chi connectivity index (χ3v) is 5.89. The molecule has 3 N–H and O–H groups in total. The van der Waals surface area contributed by atoms with Crippen LogP contribution in [0.3, 0.4) is 0 Å². The first-order chi connectivity index (χ1) is 16.9. The Morgan fingerprint density at radius 2 is 2.00 bits per heavy atom. The van der Waals surface area contributed by atoms with Crippen molar-refractivity contribution in [2.45, 2.75) is 32.2 Å². The maximum Gasteiger partial charge on any atom is 0.407 e. The number of nitrogens with one attached hydrogen (secondary N) is 2. The molecule has 0 bridgehead atoms. The molecule has 3 heterocycles. The van der Waals surface area contributed by atoms with Gasteiger partial charge in [-0.05, 0) is 50.5 Å². The summed E-state index contributed by atoms with van der Waals surface area (Å²) in [6, 6.07) is 9.19. The van der Waals surface area contributed by atoms with Crippen LogP contribution in [0.15, 0.2) is 42.6 Å². The fourth-order valence-electron chi connectivity index (χ4n) is 4.00. The first-order valence-electron chi connectivity index (χ1n) is 11.2. The Balaban J connectivity index is 1.63. The molecule has 2 amide bonds. The number of piperidine rings is 1. The van der Waals surface area contributed by atoms with Crippen molar-refractivity contribution in [1.29, 1.82) is 0 Å². The molecule has 3 aromatic rings. The van der Waals surface area contributed by atoms with Crippen LogP contribution in [0.2, 0.25) is 5.02 Å². The highest BCUT2D eigenvalue weighted by molar-refractivity contribution is 6.30. The van der Waals surface area contributed by atoms with E-state index >= 15 is 0 Å². The van der Waals surface area contributed by atoms with Gasteiger partial charge in [-0.2, -0.15) is 0 Å². The fraction of sp³-hybridized carbons (Fsp3) is 0.292. The van der Waals surface area contributed by atoms with Crippen molar-refractivity contribution >= 4 is 35.4 Å². The van der Waals surface area contributed by atoms with Gasteiger partial charge in [0.25, 0.3) is 5.91 Å². The molecule has 1 aromatic carbocycles. The van der Waals surface area contributed by atoms with Crippen LogP contribution in [0, 0.1) is 0 Å². The number of halogens is 1. The number of rotatable bonds is 6. The van der Waals surface area contributed by atoms with Crippen LogP contribution in [0.4, 0.5) is 10.6 Å². The van der Waals surface area contributed by atoms with E-state index in [1.807, 2.05) is 0 Å². The average molecular weight is 498 g/mol. The number of anilines is 1. The second kappa shape index (κ2) is 10.6. The molecule has 182 valence electrons. The lowest BCUT2D eigenvalue weighted by Gasteiger charge is -2.32. The molecule has 1 unspecified atom stereocenters. The van der Waals surface area contributed by atoms with Gasteiger partial charge in [0.1, 0.15) is 17.3 Å². The van der Waals surface area contributed by atoms with Crippen LogP contribution < -0.4 is 5.32 Å². The van der Waals surface area contributed by atoms with Gasteiger partial charge in [-0.1, -0.05) is 23.7 Å². The molecule has 4 rings (SSSR count). The number of aromatic amines is 1. The Kier molecular flexibility index (Phi) is 7.31. The predicted octanol–water partition coefficient (Wildman–Crippen LogP) is 4.76. The number of esters is 1. The molecular formula is C24H24ClN5O5. The average Bonchev–Trinajstić information content (AvgIpc) is 3.30. The predicted molar refractivity (Wildman–Crippen MR) is 129 cm³/mol. The SMILES string of the molecule is CCOC(=O)c1[nH]c(C2CCCCN2C(=O)O)nc1-c1ccc(C(=O)Nc2cc(Cl)ccn2)cc1. The molecule has 10 nitrogen and oxygen atoms in total. The number of hydrogen-bond donors (Lipinski definition) is 3. The molecule has 1 aliphatic rings. The maximum atomic E-state index is 12.7. The lowest BCUT2D eigenvalue weighted by Crippen LogP contribution is -2.38. The van der Waals surface area contributed by atoms with Gasteiger partial charge in [-0.25, -0.2) is 19.6 Å². The number of carbonyl (C=O) groups is 3. The van der Waals surface area contributed by atoms with E-state index in [0.29, 0.717) is 46.5 Å². The van der Waals surface area contributed by atoms with Gasteiger partial charge >= 0.3 is 12.1 Å². The lowest BCUT2D eigenvalue weighted by atomic mass is 10.0. The fourth-order valence-corrected chi connectivity index (χ4v) is 4.15. The summed E-state index contributed by atoms with van der Waals surface area (Å²) in [7, 11) is 0. The van der Waals surface area contributed by atoms with Crippen molar-refractivity contribution < 1.29 is 24.2 Å². The quantitative estimate of drug-likeness (QED) is 0.417. The number of pyridine rings is 1. The summed E-state index contributed by atoms with van der Waals surface area (Å²) in [6.45, 7) is 2.27. The molecule has 35 heavy (non-hydrogen) atoms. The zero-order valence-corrected chi connectivity index (χ0v) is 19.7. The molecule has 2 aromatic heterocycles. The number of nitrogens with zero attached hydrogens (tertiary/aromatic N) is 3. The van der Waals surface area contributed by atoms with E-state index in [-0.39, 0.29) is 18.2 Å². The molecule has 0 aliphatic carbocycles. The van der Waals surface area contributed by atoms with Gasteiger partial charge in [-0.15, -0.1) is 0 Å². The third-order valence-electron chi connectivity index (χ3n) is 5.65. The van der Waals surface area contributed by atoms with Crippen LogP contribution in [-0.4, -0.2) is 56.1 Å². The molecule has 11 heteroatoms. The normalized spacial score (nSPS) is 15.5. The second-order valence-electron chi connectivity index (χ2n) is 7.94. The van der Waals surface area contributed by atoms with Gasteiger partial charge in [-0.3, -0.25) is 9.69 Å². The Labute approximate surface area is 206 Å². The molecule has 1 saturated heterocycles. The summed E-state index contributed by atoms with van der Waals surface area (Å²) in [5.41, 5.74) is 1.41. The number of aromatic nitrogens is 3. The van der Waals surface area contributed by atoms with Crippen molar-refractivity contribution in [2.75, 3.05) is 18.5 Å². The number of imidazole rings is 1. The third kappa shape index (κ3) is 5.43. The number of benzene rings is 1. The minimum Gasteiger partial charge on any atom is -0.465 e. The molecule has 1 aliphatic heterocycles. The minimum absolute atomic E-state index is 0.137. The summed E-state index contributed by atoms with van der Waals surface area (Å²) < 4.78 is 5.18. The van der Waals surface area contributed by atoms with Crippen molar-refractivity contribution in [3.8, 4) is 11.3 Å². The monoisotopic (exact) mass is 497 g/mol. The summed E-state index contributed by atoms with van der Waals surface area (Å²) in [4.78, 5) is 50.0. The minimum atomic E-state index is -1.03. The van der Waals surface area contributed by atoms with E-state index < -0.39 is 18.1 Å². The molecule has 1 fully saturated rings. The summed E-state index contributed by atoms with van der Waals surface area (Å²) in [5.74, 6) is -0.255. The van der Waals surface area contributed by atoms with E-state index in [0.717, 1.165) is 12.8 Å². The van der Waals surface area contributed by atoms with E-state index in [2.05, 4.69) is 20.3 Å². The van der Waals surface area contributed by atoms with E-state index in [1.54, 1.807) is 37.3 Å². The Bertz CT molecular complexity index is 1240. The number of likely N-dealkylation sites (tertiary alicyclic amines) is 1. The Hall–Kier alpha value is -3.92. The highest BCUT2D eigenvalue weighted by atomic mass is 35.5. The Morgan fingerprint density at radius 3 is 2.69 bits per heavy atom. The van der Waals surface area contributed by atoms with Gasteiger partial charge in [0, 0.05) is 28.9 Å². The molecule has 1 atom stereocenters. The van der Waals surface area contributed by atoms with Crippen LogP contribution in [0.5, 0.6) is 0 Å². The van der Waals surface area contributed by atoms with Crippen molar-refractivity contribution in [3.63, 3.8) is 0 Å². The number of carboxylic acid groups (broad SMARTS) is 1. The summed E-state index contributed by atoms with van der Waals surface area (Å²) in [6.07, 6.45) is 2.68. The van der Waals surface area contributed by atoms with Crippen molar-refractivity contribution in [3.05, 3.63) is 64.7 Å². The Morgan fingerprint density at radius 1 is 1.23 bits per heavy atom. The number of ether oxygens (including phenoxy) is 1. The zero-order valence-electron chi connectivity index (χ0n) is 19.0. The largest absolute Gasteiger partial charge is 0.465 e. The number of hydrogen-bond acceptors (Lipinski definition) is 6. The first kappa shape index (κ1) is 24.2. The van der Waals surface area contributed by atoms with Crippen molar-refractivity contribution in [2.24, 2.45) is 0 Å². The standard InChI is InChI=1S/C24H24ClN5O5/c1-2-35-23(32)20-19(28-21(29-20)17-5-3-4-12-30(17)24(33)34)14-6-8-15(9-7-14)22(31)27-18-13-16(25)10-11-26-18/h6-11,13,17H,2-5,12H2,1H3,(H,28,29)(H,33,34)(H,26,27,31). The smallest absolute Gasteiger partial charge is 0.407 e. The number of amides is 2. The van der Waals surface area contributed by atoms with Crippen LogP contribution in [0.25, 0.3) is 11.3 Å². The highest BCUT2D eigenvalue weighted by Crippen LogP contribution is 2.32. The number of H-pyrrole nitrogens is 1. The topological polar surface area (TPSA) is 138 Å². The van der Waals surface area contributed by atoms with E-state index in [4.69, 9.17) is 16.3 Å². The van der Waals surface area contributed by atoms with Crippen LogP contribution in [-0.2, 0) is 4.74 Å². The second-order valence-corrected chi connectivity index (χ2v) is 8.38. The lowest BCUT2D eigenvalue weighted by molar-refractivity contribution is 0.0520. The first-order valence-corrected chi connectivity index (χ1v) is 11.5.